The van der Waals surface area contributed by atoms with Gasteiger partial charge in [0, 0.05) is 31.8 Å². The van der Waals surface area contributed by atoms with Gasteiger partial charge in [0.05, 0.1) is 34.9 Å². The third kappa shape index (κ3) is 13.0. The van der Waals surface area contributed by atoms with Crippen molar-refractivity contribution in [2.45, 2.75) is 117 Å². The Balaban J connectivity index is 0.00000784. The number of aliphatic hydroxyl groups excluding tert-OH is 1. The van der Waals surface area contributed by atoms with Crippen molar-refractivity contribution in [1.82, 2.24) is 20.7 Å². The normalized spacial score (nSPS) is 17.2. The van der Waals surface area contributed by atoms with Gasteiger partial charge in [0.1, 0.15) is 12.1 Å². The molecule has 0 bridgehead atoms. The van der Waals surface area contributed by atoms with Gasteiger partial charge in [-0.05, 0) is 85.9 Å². The fraction of sp³-hybridized carbons (Fsp3) is 0.513. The number of unbranched alkanes of at least 4 members (excludes halogenated alkanes) is 1. The van der Waals surface area contributed by atoms with Crippen LogP contribution in [-0.2, 0) is 36.9 Å². The molecule has 1 aliphatic rings. The number of nitrogens with zero attached hydrogens (tertiary/aromatic N) is 2. The van der Waals surface area contributed by atoms with E-state index in [1.807, 2.05) is 71.0 Å². The molecule has 13 nitrogen and oxygen atoms in total. The number of hydrogen-bond donors (Lipinski definition) is 5. The highest BCUT2D eigenvalue weighted by molar-refractivity contribution is 7.13. The van der Waals surface area contributed by atoms with Crippen LogP contribution in [0.2, 0.25) is 0 Å². The summed E-state index contributed by atoms with van der Waals surface area (Å²) in [6, 6.07) is 13.1. The molecule has 0 spiro atoms. The van der Waals surface area contributed by atoms with Gasteiger partial charge in [-0.25, -0.2) is 4.98 Å². The first kappa shape index (κ1) is 44.3. The summed E-state index contributed by atoms with van der Waals surface area (Å²) < 4.78 is 5.87. The summed E-state index contributed by atoms with van der Waals surface area (Å²) in [5, 5.41) is 13.4. The van der Waals surface area contributed by atoms with E-state index < -0.39 is 35.4 Å². The van der Waals surface area contributed by atoms with Gasteiger partial charge in [0.15, 0.2) is 5.75 Å². The number of carbonyl (C=O) groups excluding carboxylic acids is 4. The number of likely N-dealkylation sites (tertiary alicyclic amines) is 1. The van der Waals surface area contributed by atoms with Crippen LogP contribution < -0.4 is 27.1 Å². The average Bonchev–Trinajstić information content (AvgIpc) is 3.74. The molecule has 15 heteroatoms. The van der Waals surface area contributed by atoms with Crippen LogP contribution in [0.1, 0.15) is 83.0 Å². The quantitative estimate of drug-likeness (QED) is 0.0919. The molecular weight excluding hydrogens is 732 g/mol. The summed E-state index contributed by atoms with van der Waals surface area (Å²) in [7, 11) is 0. The van der Waals surface area contributed by atoms with E-state index in [2.05, 4.69) is 15.8 Å². The molecule has 1 aliphatic heterocycles. The Labute approximate surface area is 327 Å². The number of ether oxygens (including phenoxy) is 1. The SMILES string of the molecule is Cc1ncsc1-c1ccc(ONC(=O)[C@@H]2C[C@@H](O)CN2C(=O)[C@@H](NC(=O)CCCCc2ccc(CO[C@H](C)[C@@H](N)CCC(N)=O)cc2)C(C)(C)C)cc1.Cl. The van der Waals surface area contributed by atoms with Crippen molar-refractivity contribution in [2.24, 2.45) is 16.9 Å². The van der Waals surface area contributed by atoms with Crippen LogP contribution in [0, 0.1) is 12.3 Å². The first-order valence-electron chi connectivity index (χ1n) is 18.1. The van der Waals surface area contributed by atoms with Crippen molar-refractivity contribution in [3.63, 3.8) is 0 Å². The van der Waals surface area contributed by atoms with E-state index in [-0.39, 0.29) is 62.2 Å². The second-order valence-corrected chi connectivity index (χ2v) is 15.7. The Hall–Kier alpha value is -4.08. The molecule has 3 aromatic rings. The molecule has 1 saturated heterocycles. The zero-order valence-electron chi connectivity index (χ0n) is 31.7. The molecule has 2 heterocycles. The maximum Gasteiger partial charge on any atom is 0.275 e. The standard InChI is InChI=1S/C39H54N6O7S.ClH/c1-24-35(53-23-42-24)28-14-16-30(17-15-28)52-44-37(49)32-20-29(46)21-45(32)38(50)36(39(3,4)5)43-34(48)9-7-6-8-26-10-12-27(13-11-26)22-51-25(2)31(40)18-19-33(41)47;/h10-17,23,25,29,31-32,36,46H,6-9,18-22,40H2,1-5H3,(H2,41,47)(H,43,48)(H,44,49);1H/t25-,29-,31+,32+,36-;/m1./s1. The third-order valence-corrected chi connectivity index (χ3v) is 10.4. The second kappa shape index (κ2) is 20.6. The highest BCUT2D eigenvalue weighted by atomic mass is 35.5. The number of β-amino-alcohol motifs (C(OH)–C–C–N with tert-alkyl or cyclic N) is 1. The monoisotopic (exact) mass is 786 g/mol. The Morgan fingerprint density at radius 3 is 2.31 bits per heavy atom. The van der Waals surface area contributed by atoms with Gasteiger partial charge < -0.3 is 36.4 Å². The Bertz CT molecular complexity index is 1680. The molecule has 5 atom stereocenters. The Kier molecular flexibility index (Phi) is 16.9. The average molecular weight is 787 g/mol. The molecule has 1 fully saturated rings. The number of nitrogens with two attached hydrogens (primary N) is 2. The largest absolute Gasteiger partial charge is 0.391 e. The molecule has 2 aromatic carbocycles. The van der Waals surface area contributed by atoms with Crippen LogP contribution in [0.15, 0.2) is 54.0 Å². The van der Waals surface area contributed by atoms with Gasteiger partial charge in [0.25, 0.3) is 5.91 Å². The third-order valence-electron chi connectivity index (χ3n) is 9.40. The molecule has 1 aromatic heterocycles. The number of nitrogens with one attached hydrogen (secondary N) is 2. The van der Waals surface area contributed by atoms with Crippen molar-refractivity contribution in [3.05, 3.63) is 70.9 Å². The lowest BCUT2D eigenvalue weighted by Gasteiger charge is -2.35. The van der Waals surface area contributed by atoms with Gasteiger partial charge in [-0.15, -0.1) is 23.7 Å². The number of rotatable bonds is 18. The summed E-state index contributed by atoms with van der Waals surface area (Å²) in [4.78, 5) is 63.5. The number of aliphatic hydroxyl groups is 1. The Morgan fingerprint density at radius 1 is 1.04 bits per heavy atom. The number of aromatic nitrogens is 1. The van der Waals surface area contributed by atoms with Crippen LogP contribution in [0.3, 0.4) is 0 Å². The van der Waals surface area contributed by atoms with Crippen molar-refractivity contribution < 1.29 is 33.9 Å². The molecule has 0 unspecified atom stereocenters. The first-order valence-corrected chi connectivity index (χ1v) is 19.0. The van der Waals surface area contributed by atoms with E-state index in [9.17, 15) is 24.3 Å². The van der Waals surface area contributed by atoms with Gasteiger partial charge in [0.2, 0.25) is 17.7 Å². The van der Waals surface area contributed by atoms with E-state index in [0.29, 0.717) is 25.2 Å². The van der Waals surface area contributed by atoms with E-state index >= 15 is 0 Å². The minimum absolute atomic E-state index is 0. The Morgan fingerprint density at radius 2 is 1.70 bits per heavy atom. The highest BCUT2D eigenvalue weighted by Crippen LogP contribution is 2.29. The summed E-state index contributed by atoms with van der Waals surface area (Å²) in [6.45, 7) is 9.75. The van der Waals surface area contributed by atoms with Crippen LogP contribution in [0.4, 0.5) is 0 Å². The van der Waals surface area contributed by atoms with Gasteiger partial charge in [-0.3, -0.25) is 19.2 Å². The van der Waals surface area contributed by atoms with Crippen LogP contribution in [-0.4, -0.2) is 75.5 Å². The number of amides is 4. The van der Waals surface area contributed by atoms with Gasteiger partial charge in [-0.1, -0.05) is 45.0 Å². The number of aryl methyl sites for hydroxylation is 2. The van der Waals surface area contributed by atoms with E-state index in [1.54, 1.807) is 17.6 Å². The van der Waals surface area contributed by atoms with E-state index in [1.165, 1.54) is 16.2 Å². The zero-order chi connectivity index (χ0) is 38.7. The minimum atomic E-state index is -0.967. The summed E-state index contributed by atoms with van der Waals surface area (Å²) in [6.07, 6.45) is 2.07. The lowest BCUT2D eigenvalue weighted by molar-refractivity contribution is -0.145. The fourth-order valence-corrected chi connectivity index (χ4v) is 6.91. The molecule has 4 rings (SSSR count). The second-order valence-electron chi connectivity index (χ2n) is 14.8. The predicted octanol–water partition coefficient (Wildman–Crippen LogP) is 4.35. The lowest BCUT2D eigenvalue weighted by atomic mass is 9.85. The van der Waals surface area contributed by atoms with Crippen LogP contribution in [0.25, 0.3) is 10.4 Å². The molecule has 296 valence electrons. The topological polar surface area (TPSA) is 199 Å². The van der Waals surface area contributed by atoms with Crippen molar-refractivity contribution in [1.29, 1.82) is 0 Å². The van der Waals surface area contributed by atoms with Crippen molar-refractivity contribution in [3.8, 4) is 16.2 Å². The van der Waals surface area contributed by atoms with E-state index in [0.717, 1.165) is 40.1 Å². The summed E-state index contributed by atoms with van der Waals surface area (Å²) in [5.41, 5.74) is 18.9. The summed E-state index contributed by atoms with van der Waals surface area (Å²) >= 11 is 1.54. The molecule has 0 aliphatic carbocycles. The molecule has 4 amide bonds. The lowest BCUT2D eigenvalue weighted by Crippen LogP contribution is -2.58. The minimum Gasteiger partial charge on any atom is -0.391 e. The number of hydrogen-bond acceptors (Lipinski definition) is 10. The van der Waals surface area contributed by atoms with E-state index in [4.69, 9.17) is 21.0 Å². The number of halogens is 1. The number of benzene rings is 2. The molecule has 0 saturated carbocycles. The van der Waals surface area contributed by atoms with Crippen LogP contribution >= 0.6 is 23.7 Å². The fourth-order valence-electron chi connectivity index (χ4n) is 6.10. The first-order chi connectivity index (χ1) is 25.1. The maximum absolute atomic E-state index is 13.9. The number of hydroxylamine groups is 1. The van der Waals surface area contributed by atoms with Crippen LogP contribution in [0.5, 0.6) is 5.75 Å². The molecule has 54 heavy (non-hydrogen) atoms. The number of thiazole rings is 1. The van der Waals surface area contributed by atoms with Gasteiger partial charge >= 0.3 is 0 Å². The van der Waals surface area contributed by atoms with Crippen molar-refractivity contribution >= 4 is 47.4 Å². The van der Waals surface area contributed by atoms with Crippen molar-refractivity contribution in [2.75, 3.05) is 6.54 Å². The molecule has 0 radical (unpaired) electrons. The number of primary amides is 1. The summed E-state index contributed by atoms with van der Waals surface area (Å²) in [5.74, 6) is -1.22. The van der Waals surface area contributed by atoms with Gasteiger partial charge in [-0.2, -0.15) is 5.48 Å². The highest BCUT2D eigenvalue weighted by Gasteiger charge is 2.44. The molecular formula is C39H55ClN6O7S. The smallest absolute Gasteiger partial charge is 0.275 e. The molecule has 7 N–H and O–H groups in total. The maximum atomic E-state index is 13.9. The number of carbonyl (C=O) groups is 4. The zero-order valence-corrected chi connectivity index (χ0v) is 33.3. The predicted molar refractivity (Wildman–Crippen MR) is 210 cm³/mol.